The van der Waals surface area contributed by atoms with Crippen molar-refractivity contribution < 1.29 is 9.47 Å². The molecule has 3 rings (SSSR count). The van der Waals surface area contributed by atoms with Gasteiger partial charge in [0.2, 0.25) is 6.79 Å². The molecule has 0 amide bonds. The van der Waals surface area contributed by atoms with E-state index in [2.05, 4.69) is 40.4 Å². The van der Waals surface area contributed by atoms with Crippen molar-refractivity contribution in [2.75, 3.05) is 20.9 Å². The van der Waals surface area contributed by atoms with Crippen LogP contribution in [0.15, 0.2) is 23.3 Å². The third-order valence-electron chi connectivity index (χ3n) is 4.40. The van der Waals surface area contributed by atoms with E-state index in [9.17, 15) is 0 Å². The molecule has 27 heavy (non-hydrogen) atoms. The normalized spacial score (nSPS) is 13.4. The molecule has 1 aromatic heterocycles. The van der Waals surface area contributed by atoms with Crippen LogP contribution in [0.5, 0.6) is 11.5 Å². The molecule has 0 fully saturated rings. The average Bonchev–Trinajstić information content (AvgIpc) is 3.22. The number of aryl methyl sites for hydroxylation is 1. The Morgan fingerprint density at radius 1 is 1.41 bits per heavy atom. The average molecular weight is 392 g/mol. The van der Waals surface area contributed by atoms with Crippen molar-refractivity contribution in [2.24, 2.45) is 12.0 Å². The van der Waals surface area contributed by atoms with Gasteiger partial charge in [0.15, 0.2) is 17.5 Å². The molecule has 0 aliphatic carbocycles. The number of guanidine groups is 1. The number of halogens is 1. The second-order valence-corrected chi connectivity index (χ2v) is 7.34. The Balaban J connectivity index is 1.66. The van der Waals surface area contributed by atoms with Gasteiger partial charge in [-0.2, -0.15) is 5.10 Å². The maximum Gasteiger partial charge on any atom is 0.231 e. The largest absolute Gasteiger partial charge is 0.454 e. The first kappa shape index (κ1) is 19.4. The van der Waals surface area contributed by atoms with Crippen LogP contribution in [0.4, 0.5) is 0 Å². The minimum absolute atomic E-state index is 0.208. The first-order valence-corrected chi connectivity index (χ1v) is 9.29. The highest BCUT2D eigenvalue weighted by molar-refractivity contribution is 6.32. The highest BCUT2D eigenvalue weighted by atomic mass is 35.5. The topological polar surface area (TPSA) is 63.9 Å². The Morgan fingerprint density at radius 3 is 2.89 bits per heavy atom. The summed E-state index contributed by atoms with van der Waals surface area (Å²) in [6.07, 6.45) is 2.07. The summed E-state index contributed by atoms with van der Waals surface area (Å²) in [6, 6.07) is 3.82. The predicted octanol–water partition coefficient (Wildman–Crippen LogP) is 3.13. The van der Waals surface area contributed by atoms with Crippen LogP contribution < -0.4 is 14.8 Å². The van der Waals surface area contributed by atoms with Gasteiger partial charge in [-0.25, -0.2) is 0 Å². The van der Waals surface area contributed by atoms with Gasteiger partial charge < -0.3 is 19.7 Å². The van der Waals surface area contributed by atoms with Crippen molar-refractivity contribution in [2.45, 2.75) is 32.9 Å². The van der Waals surface area contributed by atoms with Crippen LogP contribution in [-0.4, -0.2) is 41.5 Å². The molecule has 1 aliphatic heterocycles. The molecule has 7 nitrogen and oxygen atoms in total. The van der Waals surface area contributed by atoms with Crippen molar-refractivity contribution in [3.63, 3.8) is 0 Å². The van der Waals surface area contributed by atoms with Crippen molar-refractivity contribution in [1.29, 1.82) is 0 Å². The van der Waals surface area contributed by atoms with Crippen molar-refractivity contribution >= 4 is 17.6 Å². The molecule has 0 saturated carbocycles. The molecule has 2 aromatic rings. The Bertz CT molecular complexity index is 847. The Morgan fingerprint density at radius 2 is 2.19 bits per heavy atom. The summed E-state index contributed by atoms with van der Waals surface area (Å²) >= 11 is 6.26. The van der Waals surface area contributed by atoms with E-state index in [-0.39, 0.29) is 6.79 Å². The fraction of sp³-hybridized carbons (Fsp3) is 0.474. The lowest BCUT2D eigenvalue weighted by atomic mass is 10.1. The maximum atomic E-state index is 6.26. The zero-order chi connectivity index (χ0) is 19.6. The van der Waals surface area contributed by atoms with Crippen LogP contribution in [0.1, 0.15) is 36.6 Å². The summed E-state index contributed by atoms with van der Waals surface area (Å²) in [6.45, 7) is 5.82. The van der Waals surface area contributed by atoms with Gasteiger partial charge in [0, 0.05) is 46.0 Å². The molecule has 1 N–H and O–H groups in total. The number of ether oxygens (including phenoxy) is 2. The minimum atomic E-state index is 0.208. The van der Waals surface area contributed by atoms with Gasteiger partial charge in [0.25, 0.3) is 0 Å². The second-order valence-electron chi connectivity index (χ2n) is 6.94. The molecular weight excluding hydrogens is 366 g/mol. The van der Waals surface area contributed by atoms with Crippen molar-refractivity contribution in [1.82, 2.24) is 20.0 Å². The lowest BCUT2D eigenvalue weighted by Gasteiger charge is -2.22. The highest BCUT2D eigenvalue weighted by Gasteiger charge is 2.19. The van der Waals surface area contributed by atoms with E-state index in [1.54, 1.807) is 7.05 Å². The number of nitrogens with one attached hydrogen (secondary N) is 1. The number of benzene rings is 1. The van der Waals surface area contributed by atoms with Crippen LogP contribution in [0.25, 0.3) is 0 Å². The molecular formula is C19H26ClN5O2. The van der Waals surface area contributed by atoms with Crippen LogP contribution in [-0.2, 0) is 20.1 Å². The minimum Gasteiger partial charge on any atom is -0.454 e. The van der Waals surface area contributed by atoms with E-state index in [0.29, 0.717) is 29.0 Å². The Labute approximate surface area is 164 Å². The van der Waals surface area contributed by atoms with Gasteiger partial charge in [-0.05, 0) is 23.6 Å². The van der Waals surface area contributed by atoms with Gasteiger partial charge in [0.05, 0.1) is 10.7 Å². The molecule has 0 radical (unpaired) electrons. The van der Waals surface area contributed by atoms with E-state index in [0.717, 1.165) is 23.8 Å². The summed E-state index contributed by atoms with van der Waals surface area (Å²) in [5.41, 5.74) is 3.31. The molecule has 1 aromatic carbocycles. The third kappa shape index (κ3) is 4.30. The first-order chi connectivity index (χ1) is 12.9. The van der Waals surface area contributed by atoms with E-state index in [1.807, 2.05) is 30.9 Å². The fourth-order valence-corrected chi connectivity index (χ4v) is 3.47. The SMILES string of the molecule is CN=C(NCc1cc(Cl)c2c(c1)OCO2)N(C)Cc1cn(C)nc1C(C)C. The summed E-state index contributed by atoms with van der Waals surface area (Å²) in [7, 11) is 5.74. The van der Waals surface area contributed by atoms with E-state index < -0.39 is 0 Å². The number of rotatable bonds is 5. The molecule has 0 spiro atoms. The standard InChI is InChI=1S/C19H26ClN5O2/c1-12(2)17-14(10-25(5)23-17)9-24(4)19(21-3)22-8-13-6-15(20)18-16(7-13)26-11-27-18/h6-7,10,12H,8-9,11H2,1-5H3,(H,21,22). The Hall–Kier alpha value is -2.41. The number of fused-ring (bicyclic) bond motifs is 1. The molecule has 0 unspecified atom stereocenters. The highest BCUT2D eigenvalue weighted by Crippen LogP contribution is 2.39. The lowest BCUT2D eigenvalue weighted by Crippen LogP contribution is -2.38. The Kier molecular flexibility index (Phi) is 5.79. The molecule has 0 atom stereocenters. The smallest absolute Gasteiger partial charge is 0.231 e. The molecule has 1 aliphatic rings. The monoisotopic (exact) mass is 391 g/mol. The molecule has 8 heteroatoms. The van der Waals surface area contributed by atoms with Crippen LogP contribution in [0, 0.1) is 0 Å². The number of aromatic nitrogens is 2. The predicted molar refractivity (Wildman–Crippen MR) is 107 cm³/mol. The first-order valence-electron chi connectivity index (χ1n) is 8.91. The molecule has 146 valence electrons. The van der Waals surface area contributed by atoms with Gasteiger partial charge in [0.1, 0.15) is 0 Å². The summed E-state index contributed by atoms with van der Waals surface area (Å²) < 4.78 is 12.7. The van der Waals surface area contributed by atoms with Gasteiger partial charge in [-0.1, -0.05) is 25.4 Å². The van der Waals surface area contributed by atoms with E-state index >= 15 is 0 Å². The fourth-order valence-electron chi connectivity index (χ4n) is 3.18. The van der Waals surface area contributed by atoms with Crippen LogP contribution >= 0.6 is 11.6 Å². The van der Waals surface area contributed by atoms with Gasteiger partial charge in [-0.15, -0.1) is 0 Å². The maximum absolute atomic E-state index is 6.26. The van der Waals surface area contributed by atoms with E-state index in [4.69, 9.17) is 21.1 Å². The van der Waals surface area contributed by atoms with Crippen molar-refractivity contribution in [3.8, 4) is 11.5 Å². The molecule has 0 saturated heterocycles. The quantitative estimate of drug-likeness (QED) is 0.626. The number of hydrogen-bond acceptors (Lipinski definition) is 4. The second kappa shape index (κ2) is 8.08. The van der Waals surface area contributed by atoms with Crippen LogP contribution in [0.3, 0.4) is 0 Å². The zero-order valence-electron chi connectivity index (χ0n) is 16.4. The van der Waals surface area contributed by atoms with E-state index in [1.165, 1.54) is 5.56 Å². The summed E-state index contributed by atoms with van der Waals surface area (Å²) in [4.78, 5) is 6.47. The third-order valence-corrected chi connectivity index (χ3v) is 4.68. The summed E-state index contributed by atoms with van der Waals surface area (Å²) in [5, 5.41) is 8.51. The number of aliphatic imine (C=N–C) groups is 1. The van der Waals surface area contributed by atoms with Gasteiger partial charge in [-0.3, -0.25) is 9.67 Å². The van der Waals surface area contributed by atoms with Crippen LogP contribution in [0.2, 0.25) is 5.02 Å². The molecule has 0 bridgehead atoms. The van der Waals surface area contributed by atoms with Gasteiger partial charge >= 0.3 is 0 Å². The summed E-state index contributed by atoms with van der Waals surface area (Å²) in [5.74, 6) is 2.46. The number of nitrogens with zero attached hydrogens (tertiary/aromatic N) is 4. The molecule has 2 heterocycles. The lowest BCUT2D eigenvalue weighted by molar-refractivity contribution is 0.174. The number of hydrogen-bond donors (Lipinski definition) is 1. The zero-order valence-corrected chi connectivity index (χ0v) is 17.2. The van der Waals surface area contributed by atoms with Crippen molar-refractivity contribution in [3.05, 3.63) is 40.2 Å².